The van der Waals surface area contributed by atoms with Crippen LogP contribution in [-0.4, -0.2) is 56.5 Å². The van der Waals surface area contributed by atoms with Crippen LogP contribution in [0.2, 0.25) is 0 Å². The Morgan fingerprint density at radius 3 is 2.49 bits per heavy atom. The maximum Gasteiger partial charge on any atom is 0.335 e. The minimum atomic E-state index is -1.80. The van der Waals surface area contributed by atoms with E-state index in [1.54, 1.807) is 12.1 Å². The molecule has 3 aromatic rings. The molecule has 0 saturated carbocycles. The van der Waals surface area contributed by atoms with E-state index in [4.69, 9.17) is 14.5 Å². The summed E-state index contributed by atoms with van der Waals surface area (Å²) in [6.07, 6.45) is 3.11. The molecule has 1 fully saturated rings. The summed E-state index contributed by atoms with van der Waals surface area (Å²) in [4.78, 5) is 21.0. The largest absolute Gasteiger partial charge is 0.588 e. The van der Waals surface area contributed by atoms with Gasteiger partial charge in [-0.3, -0.25) is 0 Å². The molecule has 9 nitrogen and oxygen atoms in total. The van der Waals surface area contributed by atoms with Crippen molar-refractivity contribution >= 4 is 23.3 Å². The summed E-state index contributed by atoms with van der Waals surface area (Å²) in [6.45, 7) is 16.0. The van der Waals surface area contributed by atoms with Gasteiger partial charge < -0.3 is 24.4 Å². The first-order chi connectivity index (χ1) is 20.2. The quantitative estimate of drug-likeness (QED) is 0.202. The Kier molecular flexibility index (Phi) is 10.4. The third-order valence-electron chi connectivity index (χ3n) is 7.40. The number of carbonyl (C=O) groups is 1. The molecule has 2 aromatic carbocycles. The number of aryl methyl sites for hydroxylation is 2. The summed E-state index contributed by atoms with van der Waals surface area (Å²) >= 11 is -1.80. The van der Waals surface area contributed by atoms with Gasteiger partial charge in [0.25, 0.3) is 5.95 Å². The number of anilines is 1. The number of carboxylic acid groups (broad SMARTS) is 1. The fourth-order valence-electron chi connectivity index (χ4n) is 5.41. The zero-order chi connectivity index (χ0) is 31.4. The van der Waals surface area contributed by atoms with Crippen molar-refractivity contribution in [2.75, 3.05) is 17.9 Å². The number of benzene rings is 2. The van der Waals surface area contributed by atoms with Crippen molar-refractivity contribution in [2.45, 2.75) is 90.4 Å². The molecule has 0 spiro atoms. The SMILES string of the molecule is Cc1cccc(C)c1-c1cc(OCC(CC(C)(C)C)NCC2CCC(C)(C)O2)nc(N[S+]([O-])c2cccc(C(=O)O)c2)n1. The summed E-state index contributed by atoms with van der Waals surface area (Å²) in [5.74, 6) is -0.619. The third kappa shape index (κ3) is 9.40. The number of carboxylic acids is 1. The summed E-state index contributed by atoms with van der Waals surface area (Å²) < 4.78 is 28.6. The Labute approximate surface area is 258 Å². The number of aromatic nitrogens is 2. The lowest BCUT2D eigenvalue weighted by molar-refractivity contribution is -0.0161. The first-order valence-electron chi connectivity index (χ1n) is 14.7. The molecule has 0 radical (unpaired) electrons. The minimum Gasteiger partial charge on any atom is -0.588 e. The Hall–Kier alpha value is -3.18. The van der Waals surface area contributed by atoms with Crippen molar-refractivity contribution < 1.29 is 23.9 Å². The fraction of sp³-hybridized carbons (Fsp3) is 0.485. The first kappa shape index (κ1) is 32.7. The number of ether oxygens (including phenoxy) is 2. The second-order valence-corrected chi connectivity index (χ2v) is 14.3. The Morgan fingerprint density at radius 2 is 1.86 bits per heavy atom. The van der Waals surface area contributed by atoms with E-state index in [0.29, 0.717) is 23.1 Å². The number of aromatic carboxylic acids is 1. The van der Waals surface area contributed by atoms with Gasteiger partial charge in [0.2, 0.25) is 5.88 Å². The van der Waals surface area contributed by atoms with Crippen LogP contribution in [0.1, 0.15) is 75.4 Å². The van der Waals surface area contributed by atoms with Crippen LogP contribution in [0.4, 0.5) is 5.95 Å². The van der Waals surface area contributed by atoms with E-state index < -0.39 is 17.3 Å². The number of hydrogen-bond donors (Lipinski definition) is 3. The van der Waals surface area contributed by atoms with Crippen LogP contribution in [0.3, 0.4) is 0 Å². The van der Waals surface area contributed by atoms with E-state index in [9.17, 15) is 14.5 Å². The molecule has 0 amide bonds. The molecule has 1 aliphatic heterocycles. The molecule has 3 atom stereocenters. The molecule has 10 heteroatoms. The van der Waals surface area contributed by atoms with Crippen LogP contribution in [0.15, 0.2) is 53.4 Å². The van der Waals surface area contributed by atoms with Crippen LogP contribution >= 0.6 is 0 Å². The Morgan fingerprint density at radius 1 is 1.16 bits per heavy atom. The van der Waals surface area contributed by atoms with Gasteiger partial charge in [0.15, 0.2) is 4.90 Å². The summed E-state index contributed by atoms with van der Waals surface area (Å²) in [6, 6.07) is 13.9. The standard InChI is InChI=1S/C33H44N4O5S/c1-21-10-8-11-22(2)29(21)27-17-28(36-31(35-27)37-43(40)26-13-9-12-23(16-26)30(38)39)41-20-24(18-32(3,4)5)34-19-25-14-15-33(6,7)42-25/h8-13,16-17,24-25,34H,14-15,18-20H2,1-7H3,(H,38,39)(H,35,36,37). The molecule has 232 valence electrons. The van der Waals surface area contributed by atoms with Crippen molar-refractivity contribution in [1.82, 2.24) is 15.3 Å². The van der Waals surface area contributed by atoms with E-state index in [0.717, 1.165) is 42.5 Å². The summed E-state index contributed by atoms with van der Waals surface area (Å²) in [5, 5.41) is 13.0. The molecule has 0 bridgehead atoms. The van der Waals surface area contributed by atoms with Gasteiger partial charge in [-0.1, -0.05) is 45.0 Å². The van der Waals surface area contributed by atoms with Crippen molar-refractivity contribution in [3.05, 3.63) is 65.2 Å². The zero-order valence-corrected chi connectivity index (χ0v) is 27.0. The lowest BCUT2D eigenvalue weighted by Crippen LogP contribution is -2.42. The van der Waals surface area contributed by atoms with E-state index in [1.165, 1.54) is 12.1 Å². The van der Waals surface area contributed by atoms with Gasteiger partial charge in [0, 0.05) is 30.3 Å². The van der Waals surface area contributed by atoms with Gasteiger partial charge in [-0.25, -0.2) is 9.78 Å². The molecule has 3 unspecified atom stereocenters. The van der Waals surface area contributed by atoms with Gasteiger partial charge in [-0.2, -0.15) is 9.71 Å². The average Bonchev–Trinajstić information content (AvgIpc) is 3.27. The molecule has 1 aromatic heterocycles. The molecule has 0 aliphatic carbocycles. The van der Waals surface area contributed by atoms with Crippen LogP contribution in [0.25, 0.3) is 11.3 Å². The highest BCUT2D eigenvalue weighted by Crippen LogP contribution is 2.31. The molecular weight excluding hydrogens is 564 g/mol. The molecule has 4 rings (SSSR count). The van der Waals surface area contributed by atoms with E-state index in [1.807, 2.05) is 38.1 Å². The Bertz CT molecular complexity index is 1400. The van der Waals surface area contributed by atoms with Gasteiger partial charge in [0.1, 0.15) is 18.0 Å². The highest BCUT2D eigenvalue weighted by molar-refractivity contribution is 7.92. The number of nitrogens with one attached hydrogen (secondary N) is 2. The zero-order valence-electron chi connectivity index (χ0n) is 26.2. The maximum absolute atomic E-state index is 13.2. The summed E-state index contributed by atoms with van der Waals surface area (Å²) in [5.41, 5.74) is 3.69. The van der Waals surface area contributed by atoms with Crippen LogP contribution in [-0.2, 0) is 16.1 Å². The van der Waals surface area contributed by atoms with Gasteiger partial charge >= 0.3 is 5.97 Å². The first-order valence-corrected chi connectivity index (χ1v) is 15.9. The van der Waals surface area contributed by atoms with Gasteiger partial charge in [-0.05, 0) is 75.6 Å². The lowest BCUT2D eigenvalue weighted by Gasteiger charge is -2.28. The van der Waals surface area contributed by atoms with Crippen LogP contribution < -0.4 is 14.8 Å². The predicted octanol–water partition coefficient (Wildman–Crippen LogP) is 6.32. The fourth-order valence-corrected chi connectivity index (χ4v) is 6.22. The second-order valence-electron chi connectivity index (χ2n) is 13.1. The molecule has 3 N–H and O–H groups in total. The molecule has 1 saturated heterocycles. The number of nitrogens with zero attached hydrogens (tertiary/aromatic N) is 2. The van der Waals surface area contributed by atoms with E-state index >= 15 is 0 Å². The topological polar surface area (TPSA) is 129 Å². The number of rotatable bonds is 12. The van der Waals surface area contributed by atoms with Crippen molar-refractivity contribution in [1.29, 1.82) is 0 Å². The van der Waals surface area contributed by atoms with Crippen molar-refractivity contribution in [3.8, 4) is 17.1 Å². The lowest BCUT2D eigenvalue weighted by atomic mass is 9.88. The van der Waals surface area contributed by atoms with E-state index in [2.05, 4.69) is 49.6 Å². The molecule has 2 heterocycles. The predicted molar refractivity (Wildman–Crippen MR) is 170 cm³/mol. The smallest absolute Gasteiger partial charge is 0.335 e. The second kappa shape index (κ2) is 13.6. The van der Waals surface area contributed by atoms with Crippen molar-refractivity contribution in [3.63, 3.8) is 0 Å². The molecule has 43 heavy (non-hydrogen) atoms. The summed E-state index contributed by atoms with van der Waals surface area (Å²) in [7, 11) is 0. The molecular formula is C33H44N4O5S. The highest BCUT2D eigenvalue weighted by Gasteiger charge is 2.32. The number of hydrogen-bond acceptors (Lipinski definition) is 8. The third-order valence-corrected chi connectivity index (χ3v) is 8.45. The maximum atomic E-state index is 13.2. The van der Waals surface area contributed by atoms with Crippen LogP contribution in [0.5, 0.6) is 5.88 Å². The van der Waals surface area contributed by atoms with Crippen molar-refractivity contribution in [2.24, 2.45) is 5.41 Å². The van der Waals surface area contributed by atoms with Gasteiger partial charge in [0.05, 0.1) is 23.0 Å². The molecule has 1 aliphatic rings. The minimum absolute atomic E-state index is 0.0471. The normalized spacial score (nSPS) is 17.8. The van der Waals surface area contributed by atoms with Crippen LogP contribution in [0, 0.1) is 19.3 Å². The monoisotopic (exact) mass is 608 g/mol. The van der Waals surface area contributed by atoms with E-state index in [-0.39, 0.29) is 34.7 Å². The van der Waals surface area contributed by atoms with Gasteiger partial charge in [-0.15, -0.1) is 0 Å². The Balaban J connectivity index is 1.58. The average molecular weight is 609 g/mol. The highest BCUT2D eigenvalue weighted by atomic mass is 32.2.